The number of tetrazole rings is 1. The van der Waals surface area contributed by atoms with Crippen LogP contribution in [0.1, 0.15) is 34.6 Å². The molecule has 2 aromatic heterocycles. The maximum atomic E-state index is 12.5. The van der Waals surface area contributed by atoms with Crippen molar-refractivity contribution in [3.63, 3.8) is 0 Å². The standard InChI is InChI=1S/C19H21N5O3S/c1-4-14-12(3)16(19(26)27-5-2)18(28-14)20-15(25)11-24-22-17(21-23-24)13-9-7-6-8-10-13/h6-10H,4-5,11H2,1-3H3,(H,20,25). The summed E-state index contributed by atoms with van der Waals surface area (Å²) in [6, 6.07) is 9.39. The second-order valence-corrected chi connectivity index (χ2v) is 7.09. The lowest BCUT2D eigenvalue weighted by Crippen LogP contribution is -2.21. The molecule has 0 radical (unpaired) electrons. The van der Waals surface area contributed by atoms with Gasteiger partial charge >= 0.3 is 5.97 Å². The first-order valence-corrected chi connectivity index (χ1v) is 9.77. The van der Waals surface area contributed by atoms with E-state index < -0.39 is 5.97 Å². The van der Waals surface area contributed by atoms with Gasteiger partial charge in [0.25, 0.3) is 0 Å². The monoisotopic (exact) mass is 399 g/mol. The number of hydrogen-bond acceptors (Lipinski definition) is 7. The van der Waals surface area contributed by atoms with E-state index in [1.807, 2.05) is 44.2 Å². The number of hydrogen-bond donors (Lipinski definition) is 1. The number of aryl methyl sites for hydroxylation is 1. The van der Waals surface area contributed by atoms with Gasteiger partial charge in [0.1, 0.15) is 11.5 Å². The molecule has 0 unspecified atom stereocenters. The van der Waals surface area contributed by atoms with Gasteiger partial charge in [-0.2, -0.15) is 4.80 Å². The van der Waals surface area contributed by atoms with E-state index in [4.69, 9.17) is 4.74 Å². The van der Waals surface area contributed by atoms with E-state index >= 15 is 0 Å². The molecule has 146 valence electrons. The van der Waals surface area contributed by atoms with Gasteiger partial charge in [-0.1, -0.05) is 37.3 Å². The van der Waals surface area contributed by atoms with Crippen LogP contribution in [-0.4, -0.2) is 38.7 Å². The predicted molar refractivity (Wildman–Crippen MR) is 106 cm³/mol. The number of amides is 1. The third-order valence-corrected chi connectivity index (χ3v) is 5.42. The third-order valence-electron chi connectivity index (χ3n) is 4.07. The van der Waals surface area contributed by atoms with Crippen LogP contribution >= 0.6 is 11.3 Å². The molecule has 1 aromatic carbocycles. The second-order valence-electron chi connectivity index (χ2n) is 5.99. The molecule has 28 heavy (non-hydrogen) atoms. The molecule has 0 saturated carbocycles. The Labute approximate surface area is 166 Å². The molecule has 1 N–H and O–H groups in total. The van der Waals surface area contributed by atoms with Crippen LogP contribution in [0, 0.1) is 6.92 Å². The molecule has 8 nitrogen and oxygen atoms in total. The van der Waals surface area contributed by atoms with Gasteiger partial charge in [0.2, 0.25) is 11.7 Å². The number of carbonyl (C=O) groups excluding carboxylic acids is 2. The van der Waals surface area contributed by atoms with E-state index in [-0.39, 0.29) is 19.1 Å². The Hall–Kier alpha value is -3.07. The van der Waals surface area contributed by atoms with Crippen LogP contribution in [0.15, 0.2) is 30.3 Å². The van der Waals surface area contributed by atoms with Gasteiger partial charge in [0, 0.05) is 10.4 Å². The normalized spacial score (nSPS) is 10.7. The Bertz CT molecular complexity index is 981. The fourth-order valence-corrected chi connectivity index (χ4v) is 3.89. The van der Waals surface area contributed by atoms with Crippen molar-refractivity contribution in [1.29, 1.82) is 0 Å². The van der Waals surface area contributed by atoms with E-state index in [2.05, 4.69) is 20.7 Å². The molecule has 3 aromatic rings. The number of rotatable bonds is 7. The highest BCUT2D eigenvalue weighted by Crippen LogP contribution is 2.34. The summed E-state index contributed by atoms with van der Waals surface area (Å²) in [5, 5.41) is 15.4. The number of ether oxygens (including phenoxy) is 1. The quantitative estimate of drug-likeness (QED) is 0.613. The summed E-state index contributed by atoms with van der Waals surface area (Å²) in [5.74, 6) is -0.330. The summed E-state index contributed by atoms with van der Waals surface area (Å²) in [7, 11) is 0. The number of anilines is 1. The molecule has 0 spiro atoms. The number of aromatic nitrogens is 4. The Morgan fingerprint density at radius 1 is 1.21 bits per heavy atom. The number of carbonyl (C=O) groups is 2. The molecule has 0 saturated heterocycles. The topological polar surface area (TPSA) is 99.0 Å². The van der Waals surface area contributed by atoms with Crippen molar-refractivity contribution in [3.05, 3.63) is 46.3 Å². The molecular formula is C19H21N5O3S. The van der Waals surface area contributed by atoms with E-state index in [1.165, 1.54) is 16.1 Å². The highest BCUT2D eigenvalue weighted by molar-refractivity contribution is 7.17. The minimum Gasteiger partial charge on any atom is -0.462 e. The van der Waals surface area contributed by atoms with Crippen LogP contribution in [0.5, 0.6) is 0 Å². The van der Waals surface area contributed by atoms with Crippen molar-refractivity contribution < 1.29 is 14.3 Å². The summed E-state index contributed by atoms with van der Waals surface area (Å²) in [4.78, 5) is 27.0. The van der Waals surface area contributed by atoms with Gasteiger partial charge in [0.05, 0.1) is 12.2 Å². The van der Waals surface area contributed by atoms with Crippen LogP contribution in [-0.2, 0) is 22.5 Å². The minimum atomic E-state index is -0.434. The first-order valence-electron chi connectivity index (χ1n) is 8.95. The second kappa shape index (κ2) is 8.75. The first-order chi connectivity index (χ1) is 13.5. The zero-order valence-electron chi connectivity index (χ0n) is 15.9. The number of thiophene rings is 1. The summed E-state index contributed by atoms with van der Waals surface area (Å²) < 4.78 is 5.14. The van der Waals surface area contributed by atoms with Crippen LogP contribution in [0.2, 0.25) is 0 Å². The van der Waals surface area contributed by atoms with Crippen molar-refractivity contribution in [3.8, 4) is 11.4 Å². The van der Waals surface area contributed by atoms with Gasteiger partial charge < -0.3 is 10.1 Å². The molecule has 9 heteroatoms. The average Bonchev–Trinajstić information content (AvgIpc) is 3.27. The van der Waals surface area contributed by atoms with E-state index in [1.54, 1.807) is 6.92 Å². The highest BCUT2D eigenvalue weighted by atomic mass is 32.1. The largest absolute Gasteiger partial charge is 0.462 e. The highest BCUT2D eigenvalue weighted by Gasteiger charge is 2.23. The molecule has 0 aliphatic carbocycles. The number of esters is 1. The molecule has 1 amide bonds. The number of benzene rings is 1. The van der Waals surface area contributed by atoms with E-state index in [0.29, 0.717) is 16.4 Å². The smallest absolute Gasteiger partial charge is 0.341 e. The number of nitrogens with one attached hydrogen (secondary N) is 1. The van der Waals surface area contributed by atoms with Crippen LogP contribution in [0.4, 0.5) is 5.00 Å². The lowest BCUT2D eigenvalue weighted by atomic mass is 10.1. The average molecular weight is 399 g/mol. The maximum absolute atomic E-state index is 12.5. The SMILES string of the molecule is CCOC(=O)c1c(NC(=O)Cn2nnc(-c3ccccc3)n2)sc(CC)c1C. The van der Waals surface area contributed by atoms with Gasteiger partial charge in [0.15, 0.2) is 0 Å². The molecule has 0 atom stereocenters. The molecule has 0 aliphatic rings. The molecule has 0 fully saturated rings. The third kappa shape index (κ3) is 4.25. The molecule has 3 rings (SSSR count). The zero-order chi connectivity index (χ0) is 20.1. The summed E-state index contributed by atoms with van der Waals surface area (Å²) in [6.45, 7) is 5.78. The first kappa shape index (κ1) is 19.7. The fraction of sp³-hybridized carbons (Fsp3) is 0.316. The van der Waals surface area contributed by atoms with Crippen LogP contribution in [0.25, 0.3) is 11.4 Å². The molecule has 0 aliphatic heterocycles. The van der Waals surface area contributed by atoms with Crippen molar-refractivity contribution >= 4 is 28.2 Å². The van der Waals surface area contributed by atoms with Gasteiger partial charge in [-0.05, 0) is 31.0 Å². The van der Waals surface area contributed by atoms with Crippen molar-refractivity contribution in [2.24, 2.45) is 0 Å². The van der Waals surface area contributed by atoms with Crippen LogP contribution in [0.3, 0.4) is 0 Å². The lowest BCUT2D eigenvalue weighted by Gasteiger charge is -2.06. The van der Waals surface area contributed by atoms with Gasteiger partial charge in [-0.25, -0.2) is 4.79 Å². The fourth-order valence-electron chi connectivity index (χ4n) is 2.74. The Morgan fingerprint density at radius 2 is 1.96 bits per heavy atom. The van der Waals surface area contributed by atoms with E-state index in [0.717, 1.165) is 22.4 Å². The molecule has 2 heterocycles. The maximum Gasteiger partial charge on any atom is 0.341 e. The Kier molecular flexibility index (Phi) is 6.15. The van der Waals surface area contributed by atoms with E-state index in [9.17, 15) is 9.59 Å². The molecule has 0 bridgehead atoms. The molecular weight excluding hydrogens is 378 g/mol. The number of nitrogens with zero attached hydrogens (tertiary/aromatic N) is 4. The summed E-state index contributed by atoms with van der Waals surface area (Å²) in [5.41, 5.74) is 2.07. The Morgan fingerprint density at radius 3 is 2.64 bits per heavy atom. The summed E-state index contributed by atoms with van der Waals surface area (Å²) in [6.07, 6.45) is 0.768. The zero-order valence-corrected chi connectivity index (χ0v) is 16.7. The Balaban J connectivity index is 1.75. The van der Waals surface area contributed by atoms with Crippen LogP contribution < -0.4 is 5.32 Å². The van der Waals surface area contributed by atoms with Gasteiger partial charge in [-0.15, -0.1) is 21.5 Å². The van der Waals surface area contributed by atoms with Gasteiger partial charge in [-0.3, -0.25) is 4.79 Å². The lowest BCUT2D eigenvalue weighted by molar-refractivity contribution is -0.117. The van der Waals surface area contributed by atoms with Crippen molar-refractivity contribution in [2.45, 2.75) is 33.7 Å². The van der Waals surface area contributed by atoms with Crippen molar-refractivity contribution in [1.82, 2.24) is 20.2 Å². The minimum absolute atomic E-state index is 0.111. The predicted octanol–water partition coefficient (Wildman–Crippen LogP) is 3.09. The summed E-state index contributed by atoms with van der Waals surface area (Å²) >= 11 is 1.38. The van der Waals surface area contributed by atoms with Crippen molar-refractivity contribution in [2.75, 3.05) is 11.9 Å².